The van der Waals surface area contributed by atoms with Crippen LogP contribution in [0.4, 0.5) is 17.6 Å². The van der Waals surface area contributed by atoms with E-state index in [9.17, 15) is 22.4 Å². The van der Waals surface area contributed by atoms with Crippen molar-refractivity contribution >= 4 is 5.97 Å². The summed E-state index contributed by atoms with van der Waals surface area (Å²) in [6, 6.07) is 1.51. The van der Waals surface area contributed by atoms with Gasteiger partial charge in [-0.15, -0.1) is 0 Å². The van der Waals surface area contributed by atoms with Gasteiger partial charge in [-0.25, -0.2) is 9.18 Å². The summed E-state index contributed by atoms with van der Waals surface area (Å²) < 4.78 is 53.8. The SMILES string of the molecule is O=C(O)COc1cc(F)cc(C(F)(F)F)c1. The fourth-order valence-corrected chi connectivity index (χ4v) is 0.955. The molecule has 0 radical (unpaired) electrons. The van der Waals surface area contributed by atoms with Gasteiger partial charge in [-0.2, -0.15) is 13.2 Å². The number of carboxylic acid groups (broad SMARTS) is 1. The van der Waals surface area contributed by atoms with Gasteiger partial charge in [-0.3, -0.25) is 0 Å². The lowest BCUT2D eigenvalue weighted by atomic mass is 10.2. The molecule has 3 nitrogen and oxygen atoms in total. The molecule has 0 atom stereocenters. The number of carboxylic acids is 1. The number of benzene rings is 1. The molecular weight excluding hydrogens is 232 g/mol. The first-order chi connectivity index (χ1) is 7.29. The van der Waals surface area contributed by atoms with Crippen LogP contribution in [0.25, 0.3) is 0 Å². The third-order valence-corrected chi connectivity index (χ3v) is 1.56. The molecule has 0 heterocycles. The van der Waals surface area contributed by atoms with Crippen molar-refractivity contribution < 1.29 is 32.2 Å². The molecule has 0 saturated heterocycles. The van der Waals surface area contributed by atoms with Crippen LogP contribution in [0.1, 0.15) is 5.56 Å². The number of aliphatic carboxylic acids is 1. The fourth-order valence-electron chi connectivity index (χ4n) is 0.955. The highest BCUT2D eigenvalue weighted by Gasteiger charge is 2.31. The van der Waals surface area contributed by atoms with Crippen molar-refractivity contribution in [2.24, 2.45) is 0 Å². The average molecular weight is 238 g/mol. The molecule has 1 N–H and O–H groups in total. The Morgan fingerprint density at radius 3 is 2.44 bits per heavy atom. The Morgan fingerprint density at radius 2 is 1.94 bits per heavy atom. The highest BCUT2D eigenvalue weighted by atomic mass is 19.4. The Hall–Kier alpha value is -1.79. The highest BCUT2D eigenvalue weighted by molar-refractivity contribution is 5.68. The third kappa shape index (κ3) is 3.41. The van der Waals surface area contributed by atoms with Gasteiger partial charge in [-0.1, -0.05) is 0 Å². The van der Waals surface area contributed by atoms with Gasteiger partial charge in [0, 0.05) is 6.07 Å². The van der Waals surface area contributed by atoms with Gasteiger partial charge in [0.25, 0.3) is 0 Å². The summed E-state index contributed by atoms with van der Waals surface area (Å²) in [5.41, 5.74) is -1.23. The van der Waals surface area contributed by atoms with E-state index in [1.807, 2.05) is 0 Å². The van der Waals surface area contributed by atoms with Crippen LogP contribution in [0, 0.1) is 5.82 Å². The smallest absolute Gasteiger partial charge is 0.416 e. The second-order valence-electron chi connectivity index (χ2n) is 2.86. The molecule has 0 aliphatic rings. The molecule has 0 aliphatic heterocycles. The number of hydrogen-bond acceptors (Lipinski definition) is 2. The zero-order valence-electron chi connectivity index (χ0n) is 7.71. The van der Waals surface area contributed by atoms with Crippen LogP contribution < -0.4 is 4.74 Å². The summed E-state index contributed by atoms with van der Waals surface area (Å²) in [5, 5.41) is 8.23. The molecule has 0 fully saturated rings. The molecule has 0 aromatic heterocycles. The Labute approximate surface area is 87.3 Å². The summed E-state index contributed by atoms with van der Waals surface area (Å²) in [5.74, 6) is -2.98. The van der Waals surface area contributed by atoms with E-state index in [0.717, 1.165) is 0 Å². The van der Waals surface area contributed by atoms with Gasteiger partial charge in [0.15, 0.2) is 6.61 Å². The van der Waals surface area contributed by atoms with Crippen molar-refractivity contribution in [3.8, 4) is 5.75 Å². The van der Waals surface area contributed by atoms with Crippen molar-refractivity contribution in [2.75, 3.05) is 6.61 Å². The molecule has 1 rings (SSSR count). The van der Waals surface area contributed by atoms with E-state index < -0.39 is 35.9 Å². The second-order valence-corrected chi connectivity index (χ2v) is 2.86. The number of carbonyl (C=O) groups is 1. The molecule has 0 amide bonds. The first kappa shape index (κ1) is 12.3. The van der Waals surface area contributed by atoms with E-state index in [1.54, 1.807) is 0 Å². The molecule has 0 unspecified atom stereocenters. The number of rotatable bonds is 3. The van der Waals surface area contributed by atoms with Gasteiger partial charge in [0.05, 0.1) is 5.56 Å². The van der Waals surface area contributed by atoms with E-state index >= 15 is 0 Å². The summed E-state index contributed by atoms with van der Waals surface area (Å²) in [6.07, 6.45) is -4.70. The van der Waals surface area contributed by atoms with Crippen molar-refractivity contribution in [2.45, 2.75) is 6.18 Å². The van der Waals surface area contributed by atoms with Crippen LogP contribution in [0.2, 0.25) is 0 Å². The quantitative estimate of drug-likeness (QED) is 0.822. The normalized spacial score (nSPS) is 11.2. The first-order valence-corrected chi connectivity index (χ1v) is 4.01. The van der Waals surface area contributed by atoms with Crippen LogP contribution in [-0.2, 0) is 11.0 Å². The number of alkyl halides is 3. The van der Waals surface area contributed by atoms with Crippen LogP contribution >= 0.6 is 0 Å². The molecular formula is C9H6F4O3. The Morgan fingerprint density at radius 1 is 1.31 bits per heavy atom. The van der Waals surface area contributed by atoms with Gasteiger partial charge in [0.1, 0.15) is 11.6 Å². The summed E-state index contributed by atoms with van der Waals surface area (Å²) in [6.45, 7) is -0.833. The second kappa shape index (κ2) is 4.38. The van der Waals surface area contributed by atoms with Crippen molar-refractivity contribution in [3.05, 3.63) is 29.6 Å². The molecule has 0 bridgehead atoms. The monoisotopic (exact) mass is 238 g/mol. The Kier molecular flexibility index (Phi) is 3.36. The third-order valence-electron chi connectivity index (χ3n) is 1.56. The minimum Gasteiger partial charge on any atom is -0.482 e. The summed E-state index contributed by atoms with van der Waals surface area (Å²) in [7, 11) is 0. The van der Waals surface area contributed by atoms with Crippen molar-refractivity contribution in [1.29, 1.82) is 0 Å². The maximum absolute atomic E-state index is 12.8. The van der Waals surface area contributed by atoms with Gasteiger partial charge in [0.2, 0.25) is 0 Å². The molecule has 7 heteroatoms. The topological polar surface area (TPSA) is 46.5 Å². The lowest BCUT2D eigenvalue weighted by molar-refractivity contribution is -0.139. The van der Waals surface area contributed by atoms with E-state index in [2.05, 4.69) is 4.74 Å². The van der Waals surface area contributed by atoms with Crippen LogP contribution in [-0.4, -0.2) is 17.7 Å². The average Bonchev–Trinajstić information content (AvgIpc) is 2.12. The maximum Gasteiger partial charge on any atom is 0.416 e. The molecule has 0 aliphatic carbocycles. The molecule has 0 spiro atoms. The van der Waals surface area contributed by atoms with Gasteiger partial charge in [-0.05, 0) is 12.1 Å². The minimum absolute atomic E-state index is 0.299. The predicted molar refractivity (Wildman–Crippen MR) is 44.5 cm³/mol. The number of ether oxygens (including phenoxy) is 1. The lowest BCUT2D eigenvalue weighted by Gasteiger charge is -2.09. The largest absolute Gasteiger partial charge is 0.482 e. The molecule has 16 heavy (non-hydrogen) atoms. The fraction of sp³-hybridized carbons (Fsp3) is 0.222. The van der Waals surface area contributed by atoms with Crippen molar-refractivity contribution in [1.82, 2.24) is 0 Å². The Balaban J connectivity index is 2.94. The standard InChI is InChI=1S/C9H6F4O3/c10-6-1-5(9(11,12)13)2-7(3-6)16-4-8(14)15/h1-3H,4H2,(H,14,15). The molecule has 1 aromatic rings. The van der Waals surface area contributed by atoms with E-state index in [4.69, 9.17) is 5.11 Å². The summed E-state index contributed by atoms with van der Waals surface area (Å²) >= 11 is 0. The van der Waals surface area contributed by atoms with Crippen LogP contribution in [0.5, 0.6) is 5.75 Å². The minimum atomic E-state index is -4.70. The molecule has 1 aromatic carbocycles. The van der Waals surface area contributed by atoms with E-state index in [1.165, 1.54) is 0 Å². The zero-order valence-corrected chi connectivity index (χ0v) is 7.71. The van der Waals surface area contributed by atoms with Gasteiger partial charge >= 0.3 is 12.1 Å². The molecule has 88 valence electrons. The predicted octanol–water partition coefficient (Wildman–Crippen LogP) is 2.31. The maximum atomic E-state index is 12.8. The Bertz CT molecular complexity index is 400. The lowest BCUT2D eigenvalue weighted by Crippen LogP contribution is -2.11. The number of hydrogen-bond donors (Lipinski definition) is 1. The van der Waals surface area contributed by atoms with E-state index in [0.29, 0.717) is 18.2 Å². The van der Waals surface area contributed by atoms with Crippen LogP contribution in [0.15, 0.2) is 18.2 Å². The number of halogens is 4. The van der Waals surface area contributed by atoms with Gasteiger partial charge < -0.3 is 9.84 Å². The highest BCUT2D eigenvalue weighted by Crippen LogP contribution is 2.32. The first-order valence-electron chi connectivity index (χ1n) is 4.01. The van der Waals surface area contributed by atoms with Crippen molar-refractivity contribution in [3.63, 3.8) is 0 Å². The zero-order chi connectivity index (χ0) is 12.3. The van der Waals surface area contributed by atoms with E-state index in [-0.39, 0.29) is 0 Å². The van der Waals surface area contributed by atoms with Crippen LogP contribution in [0.3, 0.4) is 0 Å². The summed E-state index contributed by atoms with van der Waals surface area (Å²) in [4.78, 5) is 10.1. The molecule has 0 saturated carbocycles.